The lowest BCUT2D eigenvalue weighted by molar-refractivity contribution is 1.07. The summed E-state index contributed by atoms with van der Waals surface area (Å²) in [6.07, 6.45) is 3.11. The summed E-state index contributed by atoms with van der Waals surface area (Å²) in [4.78, 5) is 0. The van der Waals surface area contributed by atoms with E-state index < -0.39 is 0 Å². The Morgan fingerprint density at radius 2 is 2.33 bits per heavy atom. The summed E-state index contributed by atoms with van der Waals surface area (Å²) in [5.41, 5.74) is 0. The fourth-order valence-electron chi connectivity index (χ4n) is 0.322. The first-order valence-corrected chi connectivity index (χ1v) is 2.43. The van der Waals surface area contributed by atoms with E-state index >= 15 is 0 Å². The average Bonchev–Trinajstić information content (AvgIpc) is 1.61. The Kier molecular flexibility index (Phi) is 5.24. The molecule has 2 heteroatoms. The van der Waals surface area contributed by atoms with Gasteiger partial charge in [-0.25, -0.2) is 0 Å². The van der Waals surface area contributed by atoms with E-state index in [2.05, 4.69) is 14.2 Å². The van der Waals surface area contributed by atoms with Crippen molar-refractivity contribution in [3.8, 4) is 0 Å². The van der Waals surface area contributed by atoms with Crippen LogP contribution in [0.15, 0.2) is 0 Å². The summed E-state index contributed by atoms with van der Waals surface area (Å²) in [5, 5.41) is 0. The van der Waals surface area contributed by atoms with E-state index in [4.69, 9.17) is 7.85 Å². The van der Waals surface area contributed by atoms with Crippen molar-refractivity contribution in [1.82, 2.24) is 0 Å². The van der Waals surface area contributed by atoms with E-state index in [1.165, 1.54) is 6.42 Å². The molecule has 0 N–H and O–H groups in total. The van der Waals surface area contributed by atoms with Gasteiger partial charge in [-0.1, -0.05) is 19.7 Å². The molecule has 0 aliphatic carbocycles. The van der Waals surface area contributed by atoms with E-state index in [1.807, 2.05) is 0 Å². The number of rotatable bonds is 3. The van der Waals surface area contributed by atoms with E-state index in [0.29, 0.717) is 0 Å². The molecule has 0 bridgehead atoms. The van der Waals surface area contributed by atoms with Crippen molar-refractivity contribution < 1.29 is 0 Å². The fraction of sp³-hybridized carbons (Fsp3) is 1.00. The van der Waals surface area contributed by atoms with Gasteiger partial charge in [0.2, 0.25) is 0 Å². The largest absolute Gasteiger partial charge is 0.114 e. The molecule has 0 saturated heterocycles. The van der Waals surface area contributed by atoms with Crippen molar-refractivity contribution in [3.63, 3.8) is 0 Å². The van der Waals surface area contributed by atoms with Gasteiger partial charge in [0.15, 0.2) is 0 Å². The summed E-state index contributed by atoms with van der Waals surface area (Å²) in [7, 11) is 7.24. The zero-order valence-corrected chi connectivity index (χ0v) is 4.28. The summed E-state index contributed by atoms with van der Waals surface area (Å²) in [5.74, 6) is 0. The Balaban J connectivity index is 2.34. The first-order valence-electron chi connectivity index (χ1n) is 2.43. The number of hydrogen-bond donors (Lipinski definition) is 0. The van der Waals surface area contributed by atoms with Crippen LogP contribution in [0.3, 0.4) is 0 Å². The van der Waals surface area contributed by atoms with Crippen LogP contribution in [0.5, 0.6) is 0 Å². The molecule has 31 valence electrons. The van der Waals surface area contributed by atoms with Gasteiger partial charge in [-0.15, -0.1) is 6.22 Å². The molecule has 0 aliphatic heterocycles. The standard InChI is InChI=1S/C4H9B2/c1-2-3-6-4-5/h2-4H2,1H3. The van der Waals surface area contributed by atoms with Crippen LogP contribution in [0, 0.1) is 0 Å². The van der Waals surface area contributed by atoms with Gasteiger partial charge in [0.1, 0.15) is 0 Å². The van der Waals surface area contributed by atoms with Crippen LogP contribution in [0.2, 0.25) is 12.5 Å². The van der Waals surface area contributed by atoms with Crippen LogP contribution in [-0.4, -0.2) is 15.1 Å². The SMILES string of the molecule is [B]C[B]CCC. The van der Waals surface area contributed by atoms with Crippen LogP contribution in [-0.2, 0) is 0 Å². The van der Waals surface area contributed by atoms with Gasteiger partial charge >= 0.3 is 0 Å². The van der Waals surface area contributed by atoms with E-state index in [9.17, 15) is 0 Å². The summed E-state index contributed by atoms with van der Waals surface area (Å²) in [6.45, 7) is 2.14. The second kappa shape index (κ2) is 5.13. The smallest absolute Gasteiger partial charge is 0.0997 e. The Bertz CT molecular complexity index is 17.5. The second-order valence-electron chi connectivity index (χ2n) is 1.31. The zero-order valence-electron chi connectivity index (χ0n) is 4.28. The summed E-state index contributed by atoms with van der Waals surface area (Å²) >= 11 is 0. The first kappa shape index (κ1) is 6.13. The maximum absolute atomic E-state index is 5.16. The third kappa shape index (κ3) is 4.13. The lowest BCUT2D eigenvalue weighted by Crippen LogP contribution is -1.84. The van der Waals surface area contributed by atoms with Gasteiger partial charge < -0.3 is 0 Å². The van der Waals surface area contributed by atoms with Crippen molar-refractivity contribution in [2.24, 2.45) is 0 Å². The highest BCUT2D eigenvalue weighted by atomic mass is 13.6. The van der Waals surface area contributed by atoms with Gasteiger partial charge in [-0.3, -0.25) is 0 Å². The van der Waals surface area contributed by atoms with Crippen molar-refractivity contribution in [2.75, 3.05) is 0 Å². The minimum absolute atomic E-state index is 0.730. The molecular formula is C4H9B2. The Hall–Kier alpha value is 0.130. The third-order valence-corrected chi connectivity index (χ3v) is 0.659. The minimum Gasteiger partial charge on any atom is -0.114 e. The van der Waals surface area contributed by atoms with Crippen LogP contribution < -0.4 is 0 Å². The van der Waals surface area contributed by atoms with Crippen molar-refractivity contribution >= 4 is 15.1 Å². The molecule has 0 atom stereocenters. The molecule has 0 aromatic rings. The van der Waals surface area contributed by atoms with Gasteiger partial charge in [0.05, 0.1) is 15.1 Å². The predicted octanol–water partition coefficient (Wildman–Crippen LogP) is 1.06. The molecule has 6 heavy (non-hydrogen) atoms. The topological polar surface area (TPSA) is 0 Å². The van der Waals surface area contributed by atoms with Gasteiger partial charge in [-0.2, -0.15) is 0 Å². The molecule has 0 heterocycles. The highest BCUT2D eigenvalue weighted by molar-refractivity contribution is 6.46. The van der Waals surface area contributed by atoms with E-state index in [0.717, 1.165) is 12.5 Å². The molecule has 0 aromatic heterocycles. The molecule has 0 fully saturated rings. The van der Waals surface area contributed by atoms with Crippen molar-refractivity contribution in [2.45, 2.75) is 25.9 Å². The highest BCUT2D eigenvalue weighted by Crippen LogP contribution is 1.85. The van der Waals surface area contributed by atoms with Gasteiger partial charge in [0.25, 0.3) is 0 Å². The second-order valence-corrected chi connectivity index (χ2v) is 1.31. The van der Waals surface area contributed by atoms with Crippen LogP contribution >= 0.6 is 0 Å². The Morgan fingerprint density at radius 3 is 2.50 bits per heavy atom. The number of hydrogen-bond acceptors (Lipinski definition) is 0. The first-order chi connectivity index (χ1) is 2.91. The summed E-state index contributed by atoms with van der Waals surface area (Å²) in [6, 6.07) is 0. The average molecular weight is 78.7 g/mol. The van der Waals surface area contributed by atoms with Gasteiger partial charge in [-0.05, 0) is 0 Å². The van der Waals surface area contributed by atoms with Crippen LogP contribution in [0.4, 0.5) is 0 Å². The minimum atomic E-state index is 0.730. The molecule has 0 saturated carbocycles. The highest BCUT2D eigenvalue weighted by Gasteiger charge is 1.78. The van der Waals surface area contributed by atoms with Crippen molar-refractivity contribution in [3.05, 3.63) is 0 Å². The Morgan fingerprint density at radius 1 is 1.67 bits per heavy atom. The molecule has 0 amide bonds. The van der Waals surface area contributed by atoms with Crippen molar-refractivity contribution in [1.29, 1.82) is 0 Å². The molecule has 3 radical (unpaired) electrons. The quantitative estimate of drug-likeness (QED) is 0.350. The lowest BCUT2D eigenvalue weighted by Gasteiger charge is -1.83. The van der Waals surface area contributed by atoms with Crippen LogP contribution in [0.1, 0.15) is 13.3 Å². The maximum Gasteiger partial charge on any atom is 0.0997 e. The molecule has 0 rings (SSSR count). The summed E-state index contributed by atoms with van der Waals surface area (Å²) < 4.78 is 0. The molecule has 0 spiro atoms. The molecule has 0 unspecified atom stereocenters. The zero-order chi connectivity index (χ0) is 4.83. The fourth-order valence-corrected chi connectivity index (χ4v) is 0.322. The molecule has 0 aromatic carbocycles. The molecule has 0 aliphatic rings. The Labute approximate surface area is 42.0 Å². The lowest BCUT2D eigenvalue weighted by atomic mass is 9.63. The third-order valence-electron chi connectivity index (χ3n) is 0.659. The maximum atomic E-state index is 5.16. The predicted molar refractivity (Wildman–Crippen MR) is 31.4 cm³/mol. The normalized spacial score (nSPS) is 8.17. The van der Waals surface area contributed by atoms with Gasteiger partial charge in [0, 0.05) is 0 Å². The van der Waals surface area contributed by atoms with E-state index in [1.54, 1.807) is 0 Å². The monoisotopic (exact) mass is 79.1 g/mol. The molecular weight excluding hydrogens is 69.7 g/mol. The van der Waals surface area contributed by atoms with Crippen LogP contribution in [0.25, 0.3) is 0 Å². The van der Waals surface area contributed by atoms with E-state index in [-0.39, 0.29) is 0 Å². The molecule has 0 nitrogen and oxygen atoms in total.